The van der Waals surface area contributed by atoms with Crippen LogP contribution in [0.2, 0.25) is 5.02 Å². The molecular weight excluding hydrogens is 397 g/mol. The van der Waals surface area contributed by atoms with Gasteiger partial charge in [0.25, 0.3) is 5.91 Å². The number of rotatable bonds is 5. The van der Waals surface area contributed by atoms with E-state index in [9.17, 15) is 22.7 Å². The lowest BCUT2D eigenvalue weighted by molar-refractivity contribution is -0.0617. The molecule has 4 fully saturated rings. The second-order valence-electron chi connectivity index (χ2n) is 8.49. The minimum Gasteiger partial charge on any atom is -0.491 e. The number of sulfonamides is 1. The van der Waals surface area contributed by atoms with Gasteiger partial charge in [0.15, 0.2) is 0 Å². The van der Waals surface area contributed by atoms with E-state index in [-0.39, 0.29) is 16.2 Å². The second kappa shape index (κ2) is 6.06. The largest absolute Gasteiger partial charge is 0.491 e. The number of amides is 1. The zero-order chi connectivity index (χ0) is 19.6. The Bertz CT molecular complexity index is 905. The Morgan fingerprint density at radius 1 is 1.33 bits per heavy atom. The Morgan fingerprint density at radius 2 is 1.96 bits per heavy atom. The molecule has 1 amide bonds. The van der Waals surface area contributed by atoms with E-state index >= 15 is 0 Å². The van der Waals surface area contributed by atoms with Crippen LogP contribution in [-0.4, -0.2) is 37.9 Å². The first-order valence-electron chi connectivity index (χ1n) is 8.84. The number of aliphatic hydroxyl groups is 1. The highest BCUT2D eigenvalue weighted by Gasteiger charge is 2.62. The Kier molecular flexibility index (Phi) is 4.25. The van der Waals surface area contributed by atoms with E-state index in [0.717, 1.165) is 44.1 Å². The summed E-state index contributed by atoms with van der Waals surface area (Å²) in [5.74, 6) is -0.838. The minimum atomic E-state index is -3.81. The van der Waals surface area contributed by atoms with Gasteiger partial charge in [-0.15, -0.1) is 0 Å². The normalized spacial score (nSPS) is 34.1. The van der Waals surface area contributed by atoms with Gasteiger partial charge in [0.05, 0.1) is 29.0 Å². The van der Waals surface area contributed by atoms with E-state index < -0.39 is 32.9 Å². The fourth-order valence-corrected chi connectivity index (χ4v) is 6.15. The molecule has 1 aromatic carbocycles. The van der Waals surface area contributed by atoms with Crippen molar-refractivity contribution >= 4 is 27.5 Å². The summed E-state index contributed by atoms with van der Waals surface area (Å²) in [5.41, 5.74) is -1.19. The smallest absolute Gasteiger partial charge is 0.267 e. The van der Waals surface area contributed by atoms with Crippen LogP contribution in [0.25, 0.3) is 0 Å². The molecule has 148 valence electrons. The lowest BCUT2D eigenvalue weighted by atomic mass is 9.68. The molecule has 2 atom stereocenters. The summed E-state index contributed by atoms with van der Waals surface area (Å²) in [7, 11) is -3.81. The number of ether oxygens (including phenoxy) is 1. The first-order valence-corrected chi connectivity index (χ1v) is 11.1. The van der Waals surface area contributed by atoms with Crippen molar-refractivity contribution < 1.29 is 27.4 Å². The number of benzene rings is 1. The van der Waals surface area contributed by atoms with Gasteiger partial charge >= 0.3 is 0 Å². The summed E-state index contributed by atoms with van der Waals surface area (Å²) in [6, 6.07) is 2.06. The number of hydrogen-bond donors (Lipinski definition) is 2. The molecular formula is C18H21ClFNO5S. The zero-order valence-electron chi connectivity index (χ0n) is 14.8. The van der Waals surface area contributed by atoms with Crippen molar-refractivity contribution in [3.63, 3.8) is 0 Å². The summed E-state index contributed by atoms with van der Waals surface area (Å²) in [5, 5.41) is 10.7. The maximum atomic E-state index is 14.3. The maximum absolute atomic E-state index is 14.3. The van der Waals surface area contributed by atoms with Crippen LogP contribution in [0.4, 0.5) is 4.39 Å². The summed E-state index contributed by atoms with van der Waals surface area (Å²) in [4.78, 5) is 11.9. The second-order valence-corrected chi connectivity index (χ2v) is 10.6. The highest BCUT2D eigenvalue weighted by atomic mass is 35.5. The van der Waals surface area contributed by atoms with Crippen molar-refractivity contribution in [2.45, 2.75) is 37.7 Å². The van der Waals surface area contributed by atoms with Crippen molar-refractivity contribution in [1.29, 1.82) is 0 Å². The summed E-state index contributed by atoms with van der Waals surface area (Å²) < 4.78 is 44.1. The lowest BCUT2D eigenvalue weighted by Crippen LogP contribution is -2.43. The van der Waals surface area contributed by atoms with Crippen LogP contribution in [0.5, 0.6) is 5.75 Å². The van der Waals surface area contributed by atoms with Gasteiger partial charge in [0, 0.05) is 11.5 Å². The molecule has 2 N–H and O–H groups in total. The molecule has 9 heteroatoms. The molecule has 4 aliphatic rings. The van der Waals surface area contributed by atoms with Crippen LogP contribution in [0, 0.1) is 23.1 Å². The van der Waals surface area contributed by atoms with Crippen molar-refractivity contribution in [1.82, 2.24) is 4.72 Å². The Labute approximate surface area is 162 Å². The highest BCUT2D eigenvalue weighted by molar-refractivity contribution is 7.89. The van der Waals surface area contributed by atoms with Crippen molar-refractivity contribution in [2.75, 3.05) is 12.9 Å². The highest BCUT2D eigenvalue weighted by Crippen LogP contribution is 2.65. The maximum Gasteiger partial charge on any atom is 0.267 e. The van der Waals surface area contributed by atoms with Gasteiger partial charge in [-0.1, -0.05) is 11.6 Å². The third kappa shape index (κ3) is 3.54. The molecule has 2 unspecified atom stereocenters. The summed E-state index contributed by atoms with van der Waals surface area (Å²) in [6.45, 7) is 0.330. The topological polar surface area (TPSA) is 92.7 Å². The van der Waals surface area contributed by atoms with Crippen LogP contribution < -0.4 is 9.46 Å². The molecule has 6 nitrogen and oxygen atoms in total. The van der Waals surface area contributed by atoms with E-state index in [1.54, 1.807) is 4.72 Å². The van der Waals surface area contributed by atoms with Crippen LogP contribution in [0.3, 0.4) is 0 Å². The third-order valence-electron chi connectivity index (χ3n) is 6.12. The molecule has 4 aliphatic carbocycles. The van der Waals surface area contributed by atoms with Gasteiger partial charge in [0.2, 0.25) is 10.0 Å². The number of halogens is 2. The molecule has 1 aromatic rings. The molecule has 0 heterocycles. The molecule has 0 spiro atoms. The van der Waals surface area contributed by atoms with E-state index in [2.05, 4.69) is 0 Å². The standard InChI is InChI=1S/C18H21ClFNO5S/c1-27(24,25)21-16(22)12-2-13(19)15(3-14(12)20)26-9-17-4-10-6-18(23,8-17)7-11(10)5-17/h2-3,10-11,23H,4-9H2,1H3,(H,21,22). The Hall–Kier alpha value is -1.38. The first kappa shape index (κ1) is 19.0. The lowest BCUT2D eigenvalue weighted by Gasteiger charge is -2.43. The van der Waals surface area contributed by atoms with Crippen LogP contribution in [0.15, 0.2) is 12.1 Å². The first-order chi connectivity index (χ1) is 12.5. The Balaban J connectivity index is 1.49. The number of hydrogen-bond acceptors (Lipinski definition) is 5. The zero-order valence-corrected chi connectivity index (χ0v) is 16.4. The number of nitrogens with one attached hydrogen (secondary N) is 1. The molecule has 5 rings (SSSR count). The molecule has 0 aliphatic heterocycles. The van der Waals surface area contributed by atoms with Gasteiger partial charge in [-0.3, -0.25) is 4.79 Å². The minimum absolute atomic E-state index is 0.0284. The van der Waals surface area contributed by atoms with Gasteiger partial charge in [-0.05, 0) is 50.0 Å². The monoisotopic (exact) mass is 417 g/mol. The summed E-state index contributed by atoms with van der Waals surface area (Å²) >= 11 is 6.13. The van der Waals surface area contributed by atoms with Gasteiger partial charge in [-0.25, -0.2) is 17.5 Å². The molecule has 4 bridgehead atoms. The molecule has 0 radical (unpaired) electrons. The predicted octanol–water partition coefficient (Wildman–Crippen LogP) is 2.49. The van der Waals surface area contributed by atoms with E-state index in [1.165, 1.54) is 0 Å². The van der Waals surface area contributed by atoms with Gasteiger partial charge in [-0.2, -0.15) is 0 Å². The predicted molar refractivity (Wildman–Crippen MR) is 96.7 cm³/mol. The quantitative estimate of drug-likeness (QED) is 0.767. The average molecular weight is 418 g/mol. The molecule has 0 aromatic heterocycles. The van der Waals surface area contributed by atoms with Crippen molar-refractivity contribution in [3.05, 3.63) is 28.5 Å². The summed E-state index contributed by atoms with van der Waals surface area (Å²) in [6.07, 6.45) is 5.20. The fraction of sp³-hybridized carbons (Fsp3) is 0.611. The number of carbonyl (C=O) groups is 1. The third-order valence-corrected chi connectivity index (χ3v) is 6.98. The van der Waals surface area contributed by atoms with Crippen LogP contribution in [-0.2, 0) is 10.0 Å². The molecule has 0 saturated heterocycles. The fourth-order valence-electron chi connectivity index (χ4n) is 5.49. The van der Waals surface area contributed by atoms with E-state index in [4.69, 9.17) is 16.3 Å². The number of carbonyl (C=O) groups excluding carboxylic acids is 1. The van der Waals surface area contributed by atoms with Crippen molar-refractivity contribution in [3.8, 4) is 5.75 Å². The van der Waals surface area contributed by atoms with Crippen molar-refractivity contribution in [2.24, 2.45) is 17.3 Å². The van der Waals surface area contributed by atoms with E-state index in [1.807, 2.05) is 0 Å². The van der Waals surface area contributed by atoms with Crippen LogP contribution >= 0.6 is 11.6 Å². The Morgan fingerprint density at radius 3 is 2.52 bits per heavy atom. The van der Waals surface area contributed by atoms with Gasteiger partial charge in [0.1, 0.15) is 11.6 Å². The SMILES string of the molecule is CS(=O)(=O)NC(=O)c1cc(Cl)c(OCC23CC4CC(O)(CC4C2)C3)cc1F. The van der Waals surface area contributed by atoms with E-state index in [0.29, 0.717) is 24.9 Å². The van der Waals surface area contributed by atoms with Gasteiger partial charge < -0.3 is 9.84 Å². The molecule has 4 saturated carbocycles. The average Bonchev–Trinajstić information content (AvgIpc) is 2.89. The van der Waals surface area contributed by atoms with Crippen LogP contribution in [0.1, 0.15) is 42.5 Å². The molecule has 27 heavy (non-hydrogen) atoms.